The van der Waals surface area contributed by atoms with Gasteiger partial charge in [-0.15, -0.1) is 11.3 Å². The molecule has 0 saturated carbocycles. The number of hydrogen-bond donors (Lipinski definition) is 2. The molecule has 0 aliphatic carbocycles. The van der Waals surface area contributed by atoms with Gasteiger partial charge in [0.1, 0.15) is 12.1 Å². The lowest BCUT2D eigenvalue weighted by molar-refractivity contribution is 0.0691. The number of rotatable bonds is 3. The van der Waals surface area contributed by atoms with E-state index in [9.17, 15) is 4.79 Å². The van der Waals surface area contributed by atoms with Gasteiger partial charge >= 0.3 is 5.97 Å². The zero-order valence-corrected chi connectivity index (χ0v) is 8.23. The Morgan fingerprint density at radius 1 is 1.53 bits per heavy atom. The maximum absolute atomic E-state index is 10.6. The summed E-state index contributed by atoms with van der Waals surface area (Å²) in [7, 11) is 0. The first kappa shape index (κ1) is 9.53. The second-order valence-corrected chi connectivity index (χ2v) is 3.42. The van der Waals surface area contributed by atoms with Crippen LogP contribution in [0.25, 0.3) is 0 Å². The Hall–Kier alpha value is -2.02. The molecule has 0 saturated heterocycles. The lowest BCUT2D eigenvalue weighted by atomic mass is 10.5. The van der Waals surface area contributed by atoms with Crippen molar-refractivity contribution in [3.63, 3.8) is 0 Å². The number of nitrogens with zero attached hydrogens (tertiary/aromatic N) is 3. The largest absolute Gasteiger partial charge is 0.476 e. The molecule has 0 aliphatic heterocycles. The van der Waals surface area contributed by atoms with Gasteiger partial charge in [0.05, 0.1) is 0 Å². The summed E-state index contributed by atoms with van der Waals surface area (Å²) < 4.78 is 0. The highest BCUT2D eigenvalue weighted by atomic mass is 32.1. The second-order valence-electron chi connectivity index (χ2n) is 2.56. The quantitative estimate of drug-likeness (QED) is 0.815. The summed E-state index contributed by atoms with van der Waals surface area (Å²) in [4.78, 5) is 22.1. The summed E-state index contributed by atoms with van der Waals surface area (Å²) in [6, 6.07) is 1.67. The Bertz CT molecular complexity index is 471. The van der Waals surface area contributed by atoms with E-state index in [1.54, 1.807) is 12.3 Å². The molecule has 2 aromatic heterocycles. The third-order valence-corrected chi connectivity index (χ3v) is 2.30. The lowest BCUT2D eigenvalue weighted by Crippen LogP contribution is -1.97. The van der Waals surface area contributed by atoms with Crippen molar-refractivity contribution < 1.29 is 9.90 Å². The second kappa shape index (κ2) is 4.01. The zero-order valence-electron chi connectivity index (χ0n) is 7.41. The molecule has 0 aliphatic rings. The lowest BCUT2D eigenvalue weighted by Gasteiger charge is -1.98. The van der Waals surface area contributed by atoms with E-state index >= 15 is 0 Å². The number of carbonyl (C=O) groups is 1. The topological polar surface area (TPSA) is 88.0 Å². The summed E-state index contributed by atoms with van der Waals surface area (Å²) in [6.07, 6.45) is 2.98. The molecule has 0 fully saturated rings. The van der Waals surface area contributed by atoms with Gasteiger partial charge in [-0.05, 0) is 6.07 Å². The highest BCUT2D eigenvalue weighted by Gasteiger charge is 2.08. The number of carboxylic acids is 1. The molecule has 2 aromatic rings. The van der Waals surface area contributed by atoms with Gasteiger partial charge in [0.25, 0.3) is 0 Å². The predicted octanol–water partition coefficient (Wildman–Crippen LogP) is 1.37. The van der Waals surface area contributed by atoms with Crippen molar-refractivity contribution in [3.05, 3.63) is 29.7 Å². The fourth-order valence-electron chi connectivity index (χ4n) is 0.904. The molecule has 2 rings (SSSR count). The third-order valence-electron chi connectivity index (χ3n) is 1.54. The molecule has 76 valence electrons. The van der Waals surface area contributed by atoms with Crippen molar-refractivity contribution in [3.8, 4) is 0 Å². The predicted molar refractivity (Wildman–Crippen MR) is 54.4 cm³/mol. The van der Waals surface area contributed by atoms with Gasteiger partial charge in [-0.2, -0.15) is 0 Å². The molecule has 0 unspecified atom stereocenters. The van der Waals surface area contributed by atoms with Gasteiger partial charge in [0.2, 0.25) is 0 Å². The standard InChI is InChI=1S/C8H6N4O2S/c13-7(14)5-3-15-8(11-5)12-6-1-2-9-4-10-6/h1-4H,(H,13,14)(H,9,10,11,12). The van der Waals surface area contributed by atoms with Gasteiger partial charge in [0, 0.05) is 11.6 Å². The zero-order chi connectivity index (χ0) is 10.7. The van der Waals surface area contributed by atoms with Crippen molar-refractivity contribution in [1.29, 1.82) is 0 Å². The minimum atomic E-state index is -1.04. The summed E-state index contributed by atoms with van der Waals surface area (Å²) in [5.41, 5.74) is 0.0246. The highest BCUT2D eigenvalue weighted by molar-refractivity contribution is 7.14. The minimum absolute atomic E-state index is 0.0246. The molecule has 0 aromatic carbocycles. The van der Waals surface area contributed by atoms with Crippen LogP contribution in [-0.2, 0) is 0 Å². The summed E-state index contributed by atoms with van der Waals surface area (Å²) in [5, 5.41) is 13.5. The first-order valence-electron chi connectivity index (χ1n) is 3.97. The fraction of sp³-hybridized carbons (Fsp3) is 0. The Morgan fingerprint density at radius 2 is 2.40 bits per heavy atom. The van der Waals surface area contributed by atoms with E-state index in [-0.39, 0.29) is 5.69 Å². The molecule has 6 nitrogen and oxygen atoms in total. The molecule has 0 atom stereocenters. The summed E-state index contributed by atoms with van der Waals surface area (Å²) in [5.74, 6) is -0.460. The molecule has 0 amide bonds. The van der Waals surface area contributed by atoms with Crippen LogP contribution in [0, 0.1) is 0 Å². The first-order valence-corrected chi connectivity index (χ1v) is 4.85. The van der Waals surface area contributed by atoms with Crippen LogP contribution in [-0.4, -0.2) is 26.0 Å². The number of nitrogens with one attached hydrogen (secondary N) is 1. The molecule has 2 N–H and O–H groups in total. The number of thiazole rings is 1. The average molecular weight is 222 g/mol. The SMILES string of the molecule is O=C(O)c1csc(Nc2ccncn2)n1. The van der Waals surface area contributed by atoms with Crippen LogP contribution in [0.3, 0.4) is 0 Å². The normalized spacial score (nSPS) is 9.87. The minimum Gasteiger partial charge on any atom is -0.476 e. The Labute approximate surface area is 88.7 Å². The van der Waals surface area contributed by atoms with Crippen molar-refractivity contribution in [2.45, 2.75) is 0 Å². The third kappa shape index (κ3) is 2.26. The highest BCUT2D eigenvalue weighted by Crippen LogP contribution is 2.18. The Morgan fingerprint density at radius 3 is 3.00 bits per heavy atom. The van der Waals surface area contributed by atoms with Crippen molar-refractivity contribution in [1.82, 2.24) is 15.0 Å². The van der Waals surface area contributed by atoms with E-state index in [4.69, 9.17) is 5.11 Å². The molecular weight excluding hydrogens is 216 g/mol. The van der Waals surface area contributed by atoms with Gasteiger partial charge < -0.3 is 10.4 Å². The van der Waals surface area contributed by atoms with Gasteiger partial charge in [-0.3, -0.25) is 0 Å². The van der Waals surface area contributed by atoms with Crippen LogP contribution >= 0.6 is 11.3 Å². The average Bonchev–Trinajstić information content (AvgIpc) is 2.68. The van der Waals surface area contributed by atoms with Gasteiger partial charge in [-0.25, -0.2) is 19.7 Å². The fourth-order valence-corrected chi connectivity index (χ4v) is 1.59. The molecule has 0 bridgehead atoms. The summed E-state index contributed by atoms with van der Waals surface area (Å²) >= 11 is 1.21. The number of aromatic nitrogens is 3. The van der Waals surface area contributed by atoms with Crippen molar-refractivity contribution >= 4 is 28.3 Å². The Kier molecular flexibility index (Phi) is 2.55. The monoisotopic (exact) mass is 222 g/mol. The number of anilines is 2. The smallest absolute Gasteiger partial charge is 0.355 e. The number of hydrogen-bond acceptors (Lipinski definition) is 6. The van der Waals surface area contributed by atoms with E-state index in [0.717, 1.165) is 0 Å². The maximum atomic E-state index is 10.6. The molecule has 0 spiro atoms. The van der Waals surface area contributed by atoms with E-state index < -0.39 is 5.97 Å². The molecular formula is C8H6N4O2S. The molecule has 0 radical (unpaired) electrons. The molecule has 7 heteroatoms. The van der Waals surface area contributed by atoms with E-state index in [1.807, 2.05) is 0 Å². The van der Waals surface area contributed by atoms with Crippen LogP contribution in [0.15, 0.2) is 24.0 Å². The van der Waals surface area contributed by atoms with Crippen LogP contribution in [0.2, 0.25) is 0 Å². The van der Waals surface area contributed by atoms with Gasteiger partial charge in [-0.1, -0.05) is 0 Å². The van der Waals surface area contributed by atoms with Crippen molar-refractivity contribution in [2.24, 2.45) is 0 Å². The van der Waals surface area contributed by atoms with Crippen LogP contribution < -0.4 is 5.32 Å². The maximum Gasteiger partial charge on any atom is 0.355 e. The molecule has 15 heavy (non-hydrogen) atoms. The van der Waals surface area contributed by atoms with E-state index in [0.29, 0.717) is 10.9 Å². The van der Waals surface area contributed by atoms with Gasteiger partial charge in [0.15, 0.2) is 10.8 Å². The van der Waals surface area contributed by atoms with Crippen LogP contribution in [0.1, 0.15) is 10.5 Å². The summed E-state index contributed by atoms with van der Waals surface area (Å²) in [6.45, 7) is 0. The number of carboxylic acid groups (broad SMARTS) is 1. The Balaban J connectivity index is 2.15. The molecule has 2 heterocycles. The van der Waals surface area contributed by atoms with E-state index in [1.165, 1.54) is 23.0 Å². The first-order chi connectivity index (χ1) is 7.25. The number of aromatic carboxylic acids is 1. The van der Waals surface area contributed by atoms with Crippen molar-refractivity contribution in [2.75, 3.05) is 5.32 Å². The van der Waals surface area contributed by atoms with Crippen LogP contribution in [0.4, 0.5) is 10.9 Å². The van der Waals surface area contributed by atoms with E-state index in [2.05, 4.69) is 20.3 Å². The van der Waals surface area contributed by atoms with Crippen LogP contribution in [0.5, 0.6) is 0 Å².